The van der Waals surface area contributed by atoms with Gasteiger partial charge in [0.2, 0.25) is 0 Å². The lowest BCUT2D eigenvalue weighted by atomic mass is 10.1. The molecule has 0 saturated heterocycles. The van der Waals surface area contributed by atoms with Crippen molar-refractivity contribution in [2.24, 2.45) is 5.73 Å². The highest BCUT2D eigenvalue weighted by atomic mass is 79.9. The highest BCUT2D eigenvalue weighted by Crippen LogP contribution is 2.29. The Morgan fingerprint density at radius 3 is 2.57 bits per heavy atom. The zero-order valence-corrected chi connectivity index (χ0v) is 14.1. The molecule has 0 radical (unpaired) electrons. The maximum atomic E-state index is 12.8. The van der Waals surface area contributed by atoms with Gasteiger partial charge >= 0.3 is 0 Å². The summed E-state index contributed by atoms with van der Waals surface area (Å²) in [5.74, 6) is -0.206. The van der Waals surface area contributed by atoms with Gasteiger partial charge in [0.1, 0.15) is 0 Å². The average Bonchev–Trinajstić information content (AvgIpc) is 2.47. The normalized spacial score (nSPS) is 10.5. The summed E-state index contributed by atoms with van der Waals surface area (Å²) in [6, 6.07) is 12.2. The van der Waals surface area contributed by atoms with Crippen LogP contribution in [-0.2, 0) is 0 Å². The molecule has 2 N–H and O–H groups in total. The first-order chi connectivity index (χ1) is 10.0. The summed E-state index contributed by atoms with van der Waals surface area (Å²) < 4.78 is 0.672. The molecule has 0 aliphatic rings. The van der Waals surface area contributed by atoms with Crippen molar-refractivity contribution >= 4 is 50.7 Å². The number of rotatable bonds is 4. The second kappa shape index (κ2) is 7.27. The minimum Gasteiger partial charge on any atom is -0.329 e. The molecule has 0 saturated carbocycles. The van der Waals surface area contributed by atoms with Crippen LogP contribution in [0.15, 0.2) is 46.9 Å². The summed E-state index contributed by atoms with van der Waals surface area (Å²) in [5, 5.41) is 0.992. The number of amides is 1. The molecular weight excluding hydrogens is 375 g/mol. The van der Waals surface area contributed by atoms with Gasteiger partial charge in [-0.05, 0) is 46.3 Å². The van der Waals surface area contributed by atoms with Gasteiger partial charge in [-0.25, -0.2) is 0 Å². The van der Waals surface area contributed by atoms with Crippen LogP contribution in [0.1, 0.15) is 10.4 Å². The Kier molecular flexibility index (Phi) is 5.65. The number of anilines is 1. The Labute approximate surface area is 141 Å². The zero-order valence-electron chi connectivity index (χ0n) is 11.0. The van der Waals surface area contributed by atoms with Crippen LogP contribution in [0.25, 0.3) is 0 Å². The molecule has 0 heterocycles. The first-order valence-electron chi connectivity index (χ1n) is 6.26. The number of hydrogen-bond acceptors (Lipinski definition) is 2. The number of nitrogens with two attached hydrogens (primary N) is 1. The minimum atomic E-state index is -0.206. The van der Waals surface area contributed by atoms with Crippen molar-refractivity contribution < 1.29 is 4.79 Å². The maximum absolute atomic E-state index is 12.8. The molecule has 0 unspecified atom stereocenters. The second-order valence-corrected chi connectivity index (χ2v) is 6.02. The van der Waals surface area contributed by atoms with Gasteiger partial charge in [-0.2, -0.15) is 0 Å². The van der Waals surface area contributed by atoms with Crippen LogP contribution in [0.5, 0.6) is 0 Å². The molecule has 0 bridgehead atoms. The van der Waals surface area contributed by atoms with Crippen molar-refractivity contribution in [3.63, 3.8) is 0 Å². The van der Waals surface area contributed by atoms with E-state index in [4.69, 9.17) is 28.9 Å². The minimum absolute atomic E-state index is 0.206. The number of carbonyl (C=O) groups excluding carboxylic acids is 1. The van der Waals surface area contributed by atoms with Crippen LogP contribution in [0, 0.1) is 0 Å². The van der Waals surface area contributed by atoms with E-state index in [-0.39, 0.29) is 5.91 Å². The Morgan fingerprint density at radius 1 is 1.19 bits per heavy atom. The van der Waals surface area contributed by atoms with Gasteiger partial charge in [0, 0.05) is 22.6 Å². The van der Waals surface area contributed by atoms with Gasteiger partial charge in [-0.15, -0.1) is 0 Å². The largest absolute Gasteiger partial charge is 0.329 e. The Balaban J connectivity index is 2.45. The predicted octanol–water partition coefficient (Wildman–Crippen LogP) is 4.36. The van der Waals surface area contributed by atoms with Crippen molar-refractivity contribution in [2.75, 3.05) is 18.0 Å². The molecule has 0 aromatic heterocycles. The summed E-state index contributed by atoms with van der Waals surface area (Å²) in [6.45, 7) is 0.691. The van der Waals surface area contributed by atoms with E-state index >= 15 is 0 Å². The van der Waals surface area contributed by atoms with Gasteiger partial charge in [0.15, 0.2) is 0 Å². The Bertz CT molecular complexity index is 664. The highest BCUT2D eigenvalue weighted by Gasteiger charge is 2.21. The fraction of sp³-hybridized carbons (Fsp3) is 0.133. The highest BCUT2D eigenvalue weighted by molar-refractivity contribution is 9.10. The fourth-order valence-electron chi connectivity index (χ4n) is 1.94. The third kappa shape index (κ3) is 3.77. The molecule has 6 heteroatoms. The summed E-state index contributed by atoms with van der Waals surface area (Å²) in [6.07, 6.45) is 0. The molecule has 2 aromatic rings. The fourth-order valence-corrected chi connectivity index (χ4v) is 2.76. The van der Waals surface area contributed by atoms with E-state index in [0.717, 1.165) is 0 Å². The van der Waals surface area contributed by atoms with Crippen molar-refractivity contribution in [1.82, 2.24) is 0 Å². The van der Waals surface area contributed by atoms with Crippen LogP contribution >= 0.6 is 39.1 Å². The second-order valence-electron chi connectivity index (χ2n) is 4.32. The van der Waals surface area contributed by atoms with Crippen LogP contribution in [0.4, 0.5) is 5.69 Å². The predicted molar refractivity (Wildman–Crippen MR) is 91.3 cm³/mol. The Morgan fingerprint density at radius 2 is 1.90 bits per heavy atom. The topological polar surface area (TPSA) is 46.3 Å². The number of halogens is 3. The van der Waals surface area contributed by atoms with Crippen LogP contribution in [0.3, 0.4) is 0 Å². The smallest absolute Gasteiger partial charge is 0.259 e. The van der Waals surface area contributed by atoms with Gasteiger partial charge in [0.05, 0.1) is 16.3 Å². The average molecular weight is 388 g/mol. The van der Waals surface area contributed by atoms with E-state index in [2.05, 4.69) is 15.9 Å². The molecule has 2 aromatic carbocycles. The van der Waals surface area contributed by atoms with E-state index in [1.54, 1.807) is 35.2 Å². The molecule has 21 heavy (non-hydrogen) atoms. The van der Waals surface area contributed by atoms with Gasteiger partial charge in [0.25, 0.3) is 5.91 Å². The molecule has 0 spiro atoms. The van der Waals surface area contributed by atoms with E-state index in [1.807, 2.05) is 12.1 Å². The third-order valence-corrected chi connectivity index (χ3v) is 4.15. The molecule has 110 valence electrons. The number of carbonyl (C=O) groups is 1. The number of benzene rings is 2. The standard InChI is InChI=1S/C15H13BrCl2N2O/c16-12-6-5-10(17)9-11(12)15(21)20(8-7-19)14-4-2-1-3-13(14)18/h1-6,9H,7-8,19H2. The zero-order chi connectivity index (χ0) is 15.4. The number of para-hydroxylation sites is 1. The van der Waals surface area contributed by atoms with Crippen molar-refractivity contribution in [1.29, 1.82) is 0 Å². The van der Waals surface area contributed by atoms with Crippen molar-refractivity contribution in [3.05, 3.63) is 62.5 Å². The maximum Gasteiger partial charge on any atom is 0.259 e. The Hall–Kier alpha value is -1.07. The van der Waals surface area contributed by atoms with Crippen LogP contribution in [0.2, 0.25) is 10.0 Å². The van der Waals surface area contributed by atoms with Gasteiger partial charge < -0.3 is 10.6 Å². The third-order valence-electron chi connectivity index (χ3n) is 2.90. The number of hydrogen-bond donors (Lipinski definition) is 1. The molecule has 1 amide bonds. The number of nitrogens with zero attached hydrogens (tertiary/aromatic N) is 1. The quantitative estimate of drug-likeness (QED) is 0.846. The first kappa shape index (κ1) is 16.3. The van der Waals surface area contributed by atoms with Gasteiger partial charge in [-0.3, -0.25) is 4.79 Å². The van der Waals surface area contributed by atoms with Crippen LogP contribution < -0.4 is 10.6 Å². The molecule has 0 aliphatic carbocycles. The molecule has 0 aliphatic heterocycles. The molecule has 3 nitrogen and oxygen atoms in total. The molecule has 2 rings (SSSR count). The van der Waals surface area contributed by atoms with E-state index in [0.29, 0.717) is 38.9 Å². The van der Waals surface area contributed by atoms with E-state index < -0.39 is 0 Å². The monoisotopic (exact) mass is 386 g/mol. The SMILES string of the molecule is NCCN(C(=O)c1cc(Cl)ccc1Br)c1ccccc1Cl. The summed E-state index contributed by atoms with van der Waals surface area (Å²) in [7, 11) is 0. The lowest BCUT2D eigenvalue weighted by Crippen LogP contribution is -2.35. The summed E-state index contributed by atoms with van der Waals surface area (Å²) >= 11 is 15.5. The summed E-state index contributed by atoms with van der Waals surface area (Å²) in [4.78, 5) is 14.3. The van der Waals surface area contributed by atoms with E-state index in [1.165, 1.54) is 0 Å². The molecule has 0 fully saturated rings. The first-order valence-corrected chi connectivity index (χ1v) is 7.81. The molecular formula is C15H13BrCl2N2O. The van der Waals surface area contributed by atoms with Crippen molar-refractivity contribution in [2.45, 2.75) is 0 Å². The van der Waals surface area contributed by atoms with E-state index in [9.17, 15) is 4.79 Å². The lowest BCUT2D eigenvalue weighted by molar-refractivity contribution is 0.0987. The molecule has 0 atom stereocenters. The van der Waals surface area contributed by atoms with Crippen molar-refractivity contribution in [3.8, 4) is 0 Å². The van der Waals surface area contributed by atoms with Gasteiger partial charge in [-0.1, -0.05) is 35.3 Å². The van der Waals surface area contributed by atoms with Crippen LogP contribution in [-0.4, -0.2) is 19.0 Å². The summed E-state index contributed by atoms with van der Waals surface area (Å²) in [5.41, 5.74) is 6.72. The lowest BCUT2D eigenvalue weighted by Gasteiger charge is -2.24.